The fourth-order valence-corrected chi connectivity index (χ4v) is 2.51. The van der Waals surface area contributed by atoms with Crippen LogP contribution < -0.4 is 0 Å². The molecule has 0 heterocycles. The first-order valence-corrected chi connectivity index (χ1v) is 7.76. The number of unbranched alkanes of at least 4 members (excludes halogenated alkanes) is 1. The lowest BCUT2D eigenvalue weighted by molar-refractivity contribution is 0.264. The summed E-state index contributed by atoms with van der Waals surface area (Å²) in [7, 11) is 2.15. The van der Waals surface area contributed by atoms with Crippen LogP contribution in [0.5, 0.6) is 0 Å². The number of benzene rings is 1. The fraction of sp³-hybridized carbons (Fsp3) is 0.600. The maximum absolute atomic E-state index is 8.74. The van der Waals surface area contributed by atoms with Crippen molar-refractivity contribution in [2.45, 2.75) is 31.1 Å². The summed E-state index contributed by atoms with van der Waals surface area (Å²) in [5, 5.41) is 8.74. The molecule has 1 aromatic rings. The Morgan fingerprint density at radius 1 is 1.11 bits per heavy atom. The van der Waals surface area contributed by atoms with E-state index in [4.69, 9.17) is 5.11 Å². The Labute approximate surface area is 115 Å². The van der Waals surface area contributed by atoms with Gasteiger partial charge in [0.2, 0.25) is 0 Å². The minimum absolute atomic E-state index is 0.310. The largest absolute Gasteiger partial charge is 0.396 e. The van der Waals surface area contributed by atoms with E-state index in [1.165, 1.54) is 10.5 Å². The van der Waals surface area contributed by atoms with Crippen LogP contribution in [0.15, 0.2) is 29.2 Å². The molecule has 1 N–H and O–H groups in total. The van der Waals surface area contributed by atoms with Crippen molar-refractivity contribution < 1.29 is 5.11 Å². The third kappa shape index (κ3) is 6.43. The number of thioether (sulfide) groups is 1. The molecule has 0 spiro atoms. The highest BCUT2D eigenvalue weighted by atomic mass is 32.2. The summed E-state index contributed by atoms with van der Waals surface area (Å²) in [4.78, 5) is 3.70. The first-order chi connectivity index (χ1) is 8.76. The number of hydrogen-bond donors (Lipinski definition) is 1. The molecule has 0 aliphatic rings. The first kappa shape index (κ1) is 15.5. The van der Waals surface area contributed by atoms with Crippen molar-refractivity contribution >= 4 is 11.8 Å². The molecule has 0 aliphatic carbocycles. The smallest absolute Gasteiger partial charge is 0.0431 e. The molecule has 0 aromatic heterocycles. The Kier molecular flexibility index (Phi) is 8.14. The Morgan fingerprint density at radius 3 is 2.44 bits per heavy atom. The summed E-state index contributed by atoms with van der Waals surface area (Å²) < 4.78 is 0. The van der Waals surface area contributed by atoms with E-state index in [0.717, 1.165) is 38.1 Å². The van der Waals surface area contributed by atoms with Crippen molar-refractivity contribution in [1.29, 1.82) is 0 Å². The van der Waals surface area contributed by atoms with Gasteiger partial charge in [-0.3, -0.25) is 0 Å². The van der Waals surface area contributed by atoms with Gasteiger partial charge in [0.15, 0.2) is 0 Å². The van der Waals surface area contributed by atoms with Crippen molar-refractivity contribution in [2.24, 2.45) is 0 Å². The minimum Gasteiger partial charge on any atom is -0.396 e. The second-order valence-corrected chi connectivity index (χ2v) is 5.90. The quantitative estimate of drug-likeness (QED) is 0.549. The molecule has 18 heavy (non-hydrogen) atoms. The zero-order valence-electron chi connectivity index (χ0n) is 11.6. The van der Waals surface area contributed by atoms with Crippen LogP contribution in [0.1, 0.15) is 25.3 Å². The summed E-state index contributed by atoms with van der Waals surface area (Å²) in [6.07, 6.45) is 3.10. The fourth-order valence-electron chi connectivity index (χ4n) is 1.84. The summed E-state index contributed by atoms with van der Waals surface area (Å²) in [6.45, 7) is 4.65. The van der Waals surface area contributed by atoms with E-state index in [9.17, 15) is 0 Å². The van der Waals surface area contributed by atoms with Crippen LogP contribution in [0.2, 0.25) is 0 Å². The van der Waals surface area contributed by atoms with E-state index in [1.54, 1.807) is 0 Å². The normalized spacial score (nSPS) is 11.1. The van der Waals surface area contributed by atoms with Gasteiger partial charge in [0, 0.05) is 18.0 Å². The third-order valence-corrected chi connectivity index (χ3v) is 3.86. The van der Waals surface area contributed by atoms with Crippen LogP contribution in [0, 0.1) is 0 Å². The van der Waals surface area contributed by atoms with Gasteiger partial charge in [0.05, 0.1) is 0 Å². The van der Waals surface area contributed by atoms with E-state index < -0.39 is 0 Å². The molecule has 1 rings (SSSR count). The second-order valence-electron chi connectivity index (χ2n) is 4.56. The van der Waals surface area contributed by atoms with Crippen LogP contribution in [-0.2, 0) is 6.42 Å². The van der Waals surface area contributed by atoms with Crippen molar-refractivity contribution in [3.8, 4) is 0 Å². The highest BCUT2D eigenvalue weighted by Crippen LogP contribution is 2.17. The number of aliphatic hydroxyl groups excluding tert-OH is 1. The minimum atomic E-state index is 0.310. The van der Waals surface area contributed by atoms with Crippen molar-refractivity contribution in [1.82, 2.24) is 4.90 Å². The summed E-state index contributed by atoms with van der Waals surface area (Å²) in [5.41, 5.74) is 1.41. The summed E-state index contributed by atoms with van der Waals surface area (Å²) in [6, 6.07) is 8.91. The SMILES string of the molecule is CCSc1ccc(CCN(C)CCCCO)cc1. The topological polar surface area (TPSA) is 23.5 Å². The lowest BCUT2D eigenvalue weighted by Gasteiger charge is -2.16. The van der Waals surface area contributed by atoms with Crippen LogP contribution >= 0.6 is 11.8 Å². The Morgan fingerprint density at radius 2 is 1.83 bits per heavy atom. The molecule has 0 radical (unpaired) electrons. The van der Waals surface area contributed by atoms with Gasteiger partial charge in [0.1, 0.15) is 0 Å². The number of aliphatic hydroxyl groups is 1. The lowest BCUT2D eigenvalue weighted by atomic mass is 10.1. The highest BCUT2D eigenvalue weighted by Gasteiger charge is 2.00. The van der Waals surface area contributed by atoms with Crippen molar-refractivity contribution in [3.63, 3.8) is 0 Å². The van der Waals surface area contributed by atoms with Crippen LogP contribution in [0.4, 0.5) is 0 Å². The van der Waals surface area contributed by atoms with Crippen molar-refractivity contribution in [2.75, 3.05) is 32.5 Å². The third-order valence-electron chi connectivity index (χ3n) is 2.96. The molecule has 3 heteroatoms. The van der Waals surface area contributed by atoms with Gasteiger partial charge in [-0.15, -0.1) is 11.8 Å². The van der Waals surface area contributed by atoms with Crippen LogP contribution in [-0.4, -0.2) is 42.5 Å². The highest BCUT2D eigenvalue weighted by molar-refractivity contribution is 7.99. The predicted octanol–water partition coefficient (Wildman–Crippen LogP) is 3.05. The monoisotopic (exact) mass is 267 g/mol. The Bertz CT molecular complexity index is 313. The van der Waals surface area contributed by atoms with Crippen LogP contribution in [0.25, 0.3) is 0 Å². The van der Waals surface area contributed by atoms with Gasteiger partial charge in [-0.2, -0.15) is 0 Å². The molecule has 1 aromatic carbocycles. The average molecular weight is 267 g/mol. The molecular weight excluding hydrogens is 242 g/mol. The lowest BCUT2D eigenvalue weighted by Crippen LogP contribution is -2.22. The van der Waals surface area contributed by atoms with E-state index in [0.29, 0.717) is 6.61 Å². The molecule has 0 amide bonds. The van der Waals surface area contributed by atoms with Gasteiger partial charge in [0.25, 0.3) is 0 Å². The van der Waals surface area contributed by atoms with E-state index in [-0.39, 0.29) is 0 Å². The van der Waals surface area contributed by atoms with Gasteiger partial charge in [-0.05, 0) is 56.3 Å². The van der Waals surface area contributed by atoms with Gasteiger partial charge >= 0.3 is 0 Å². The number of likely N-dealkylation sites (N-methyl/N-ethyl adjacent to an activating group) is 1. The average Bonchev–Trinajstić information content (AvgIpc) is 2.39. The number of rotatable bonds is 9. The van der Waals surface area contributed by atoms with Gasteiger partial charge in [-0.1, -0.05) is 19.1 Å². The van der Waals surface area contributed by atoms with Crippen LogP contribution in [0.3, 0.4) is 0 Å². The van der Waals surface area contributed by atoms with E-state index in [2.05, 4.69) is 43.1 Å². The molecule has 0 unspecified atom stereocenters. The maximum Gasteiger partial charge on any atom is 0.0431 e. The molecule has 0 saturated carbocycles. The molecule has 102 valence electrons. The van der Waals surface area contributed by atoms with E-state index >= 15 is 0 Å². The standard InChI is InChI=1S/C15H25NOS/c1-3-18-15-8-6-14(7-9-15)10-12-16(2)11-4-5-13-17/h6-9,17H,3-5,10-13H2,1-2H3. The predicted molar refractivity (Wildman–Crippen MR) is 80.4 cm³/mol. The molecule has 0 bridgehead atoms. The zero-order chi connectivity index (χ0) is 13.2. The van der Waals surface area contributed by atoms with E-state index in [1.807, 2.05) is 11.8 Å². The van der Waals surface area contributed by atoms with Gasteiger partial charge in [-0.25, -0.2) is 0 Å². The summed E-state index contributed by atoms with van der Waals surface area (Å²) >= 11 is 1.89. The second kappa shape index (κ2) is 9.42. The summed E-state index contributed by atoms with van der Waals surface area (Å²) in [5.74, 6) is 1.13. The number of hydrogen-bond acceptors (Lipinski definition) is 3. The molecular formula is C15H25NOS. The zero-order valence-corrected chi connectivity index (χ0v) is 12.4. The molecule has 0 saturated heterocycles. The molecule has 2 nitrogen and oxygen atoms in total. The Balaban J connectivity index is 2.25. The van der Waals surface area contributed by atoms with Gasteiger partial charge < -0.3 is 10.0 Å². The number of nitrogens with zero attached hydrogens (tertiary/aromatic N) is 1. The molecule has 0 atom stereocenters. The molecule has 0 aliphatic heterocycles. The maximum atomic E-state index is 8.74. The molecule has 0 fully saturated rings. The Hall–Kier alpha value is -0.510. The van der Waals surface area contributed by atoms with Crippen molar-refractivity contribution in [3.05, 3.63) is 29.8 Å². The first-order valence-electron chi connectivity index (χ1n) is 6.77.